The molecule has 1 aromatic carbocycles. The molecule has 0 amide bonds. The van der Waals surface area contributed by atoms with Gasteiger partial charge >= 0.3 is 0 Å². The smallest absolute Gasteiger partial charge is 0.103 e. The monoisotopic (exact) mass is 276 g/mol. The van der Waals surface area contributed by atoms with Gasteiger partial charge in [0.2, 0.25) is 0 Å². The largest absolute Gasteiger partial charge is 0.391 e. The lowest BCUT2D eigenvalue weighted by Crippen LogP contribution is -2.43. The average Bonchev–Trinajstić information content (AvgIpc) is 2.42. The molecule has 102 valence electrons. The molecule has 0 saturated carbocycles. The standard InChI is InChI=1S/C15H20N2OS/c1-3-19-15-6-4-5-13(12(15)9-16)17-8-7-11(2)14(18)10-17/h4-6,11,14,18H,3,7-8,10H2,1-2H3. The maximum atomic E-state index is 10.0. The van der Waals surface area contributed by atoms with Crippen LogP contribution in [-0.2, 0) is 0 Å². The lowest BCUT2D eigenvalue weighted by atomic mass is 9.95. The number of thioether (sulfide) groups is 1. The molecule has 0 spiro atoms. The van der Waals surface area contributed by atoms with E-state index in [1.165, 1.54) is 0 Å². The van der Waals surface area contributed by atoms with E-state index < -0.39 is 0 Å². The second-order valence-corrected chi connectivity index (χ2v) is 6.28. The summed E-state index contributed by atoms with van der Waals surface area (Å²) in [5, 5.41) is 19.4. The molecular formula is C15H20N2OS. The van der Waals surface area contributed by atoms with Gasteiger partial charge in [-0.15, -0.1) is 11.8 Å². The highest BCUT2D eigenvalue weighted by Crippen LogP contribution is 2.32. The highest BCUT2D eigenvalue weighted by atomic mass is 32.2. The van der Waals surface area contributed by atoms with E-state index in [9.17, 15) is 10.4 Å². The zero-order valence-corrected chi connectivity index (χ0v) is 12.3. The number of nitrogens with zero attached hydrogens (tertiary/aromatic N) is 2. The lowest BCUT2D eigenvalue weighted by molar-refractivity contribution is 0.103. The Morgan fingerprint density at radius 3 is 2.95 bits per heavy atom. The molecule has 1 N–H and O–H groups in total. The van der Waals surface area contributed by atoms with Crippen molar-refractivity contribution < 1.29 is 5.11 Å². The van der Waals surface area contributed by atoms with E-state index in [1.54, 1.807) is 11.8 Å². The van der Waals surface area contributed by atoms with E-state index in [4.69, 9.17) is 0 Å². The first-order valence-corrected chi connectivity index (χ1v) is 7.74. The van der Waals surface area contributed by atoms with Gasteiger partial charge in [0, 0.05) is 18.0 Å². The highest BCUT2D eigenvalue weighted by Gasteiger charge is 2.26. The normalized spacial score (nSPS) is 23.2. The molecule has 2 unspecified atom stereocenters. The van der Waals surface area contributed by atoms with Crippen molar-refractivity contribution in [1.82, 2.24) is 0 Å². The minimum atomic E-state index is -0.303. The number of benzene rings is 1. The topological polar surface area (TPSA) is 47.3 Å². The fourth-order valence-corrected chi connectivity index (χ4v) is 3.22. The summed E-state index contributed by atoms with van der Waals surface area (Å²) in [6.07, 6.45) is 0.666. The van der Waals surface area contributed by atoms with Crippen molar-refractivity contribution in [3.05, 3.63) is 23.8 Å². The molecule has 4 heteroatoms. The molecule has 0 aliphatic carbocycles. The molecule has 0 aromatic heterocycles. The van der Waals surface area contributed by atoms with Crippen LogP contribution in [0.1, 0.15) is 25.8 Å². The van der Waals surface area contributed by atoms with Crippen LogP contribution >= 0.6 is 11.8 Å². The summed E-state index contributed by atoms with van der Waals surface area (Å²) in [5.41, 5.74) is 1.71. The van der Waals surface area contributed by atoms with Gasteiger partial charge in [0.1, 0.15) is 6.07 Å². The predicted octanol–water partition coefficient (Wildman–Crippen LogP) is 2.88. The Morgan fingerprint density at radius 1 is 1.53 bits per heavy atom. The maximum absolute atomic E-state index is 10.0. The molecule has 1 aliphatic heterocycles. The lowest BCUT2D eigenvalue weighted by Gasteiger charge is -2.36. The van der Waals surface area contributed by atoms with E-state index in [2.05, 4.69) is 24.8 Å². The molecule has 19 heavy (non-hydrogen) atoms. The van der Waals surface area contributed by atoms with Crippen molar-refractivity contribution in [3.63, 3.8) is 0 Å². The van der Waals surface area contributed by atoms with Crippen LogP contribution < -0.4 is 4.90 Å². The van der Waals surface area contributed by atoms with Crippen LogP contribution in [0.25, 0.3) is 0 Å². The van der Waals surface area contributed by atoms with Crippen molar-refractivity contribution in [2.75, 3.05) is 23.7 Å². The number of aliphatic hydroxyl groups is 1. The van der Waals surface area contributed by atoms with Gasteiger partial charge in [-0.2, -0.15) is 5.26 Å². The summed E-state index contributed by atoms with van der Waals surface area (Å²) in [6.45, 7) is 5.70. The Labute approximate surface area is 119 Å². The summed E-state index contributed by atoms with van der Waals surface area (Å²) in [7, 11) is 0. The van der Waals surface area contributed by atoms with E-state index in [0.29, 0.717) is 12.5 Å². The third-order valence-corrected chi connectivity index (χ3v) is 4.62. The molecule has 1 saturated heterocycles. The SMILES string of the molecule is CCSc1cccc(N2CCC(C)C(O)C2)c1C#N. The molecule has 0 radical (unpaired) electrons. The molecule has 3 nitrogen and oxygen atoms in total. The fraction of sp³-hybridized carbons (Fsp3) is 0.533. The first-order valence-electron chi connectivity index (χ1n) is 6.76. The van der Waals surface area contributed by atoms with Crippen LogP contribution in [0.2, 0.25) is 0 Å². The zero-order valence-electron chi connectivity index (χ0n) is 11.5. The number of aliphatic hydroxyl groups excluding tert-OH is 1. The third kappa shape index (κ3) is 3.05. The second-order valence-electron chi connectivity index (χ2n) is 4.97. The third-order valence-electron chi connectivity index (χ3n) is 3.68. The van der Waals surface area contributed by atoms with Crippen molar-refractivity contribution in [2.45, 2.75) is 31.3 Å². The number of nitriles is 1. The molecule has 1 heterocycles. The summed E-state index contributed by atoms with van der Waals surface area (Å²) in [5.74, 6) is 1.30. The molecule has 0 bridgehead atoms. The molecule has 1 fully saturated rings. The zero-order chi connectivity index (χ0) is 13.8. The summed E-state index contributed by atoms with van der Waals surface area (Å²) in [4.78, 5) is 3.18. The van der Waals surface area contributed by atoms with Crippen LogP contribution in [0.5, 0.6) is 0 Å². The Balaban J connectivity index is 2.29. The van der Waals surface area contributed by atoms with Gasteiger partial charge in [0.05, 0.1) is 17.4 Å². The molecule has 1 aromatic rings. The van der Waals surface area contributed by atoms with Gasteiger partial charge in [-0.05, 0) is 30.2 Å². The average molecular weight is 276 g/mol. The molecular weight excluding hydrogens is 256 g/mol. The van der Waals surface area contributed by atoms with Crippen LogP contribution in [-0.4, -0.2) is 30.1 Å². The van der Waals surface area contributed by atoms with E-state index in [0.717, 1.165) is 34.9 Å². The van der Waals surface area contributed by atoms with Gasteiger partial charge < -0.3 is 10.0 Å². The first-order chi connectivity index (χ1) is 9.17. The second kappa shape index (κ2) is 6.31. The van der Waals surface area contributed by atoms with Crippen LogP contribution in [0.3, 0.4) is 0 Å². The molecule has 2 atom stereocenters. The van der Waals surface area contributed by atoms with Crippen LogP contribution in [0, 0.1) is 17.2 Å². The van der Waals surface area contributed by atoms with Crippen molar-refractivity contribution >= 4 is 17.4 Å². The summed E-state index contributed by atoms with van der Waals surface area (Å²) >= 11 is 1.69. The molecule has 2 rings (SSSR count). The fourth-order valence-electron chi connectivity index (χ4n) is 2.44. The van der Waals surface area contributed by atoms with Gasteiger partial charge in [-0.1, -0.05) is 19.9 Å². The number of anilines is 1. The van der Waals surface area contributed by atoms with Gasteiger partial charge in [-0.25, -0.2) is 0 Å². The maximum Gasteiger partial charge on any atom is 0.103 e. The Hall–Kier alpha value is -1.18. The van der Waals surface area contributed by atoms with E-state index in [1.807, 2.05) is 18.2 Å². The number of hydrogen-bond acceptors (Lipinski definition) is 4. The highest BCUT2D eigenvalue weighted by molar-refractivity contribution is 7.99. The van der Waals surface area contributed by atoms with Gasteiger partial charge in [0.25, 0.3) is 0 Å². The minimum absolute atomic E-state index is 0.303. The summed E-state index contributed by atoms with van der Waals surface area (Å²) < 4.78 is 0. The number of rotatable bonds is 3. The quantitative estimate of drug-likeness (QED) is 0.862. The van der Waals surface area contributed by atoms with Crippen molar-refractivity contribution in [1.29, 1.82) is 5.26 Å². The first kappa shape index (κ1) is 14.2. The van der Waals surface area contributed by atoms with Crippen molar-refractivity contribution in [2.24, 2.45) is 5.92 Å². The van der Waals surface area contributed by atoms with Crippen LogP contribution in [0.4, 0.5) is 5.69 Å². The van der Waals surface area contributed by atoms with Crippen molar-refractivity contribution in [3.8, 4) is 6.07 Å². The minimum Gasteiger partial charge on any atom is -0.391 e. The van der Waals surface area contributed by atoms with Gasteiger partial charge in [-0.3, -0.25) is 0 Å². The predicted molar refractivity (Wildman–Crippen MR) is 79.6 cm³/mol. The Kier molecular flexibility index (Phi) is 4.73. The van der Waals surface area contributed by atoms with Gasteiger partial charge in [0.15, 0.2) is 0 Å². The number of piperidine rings is 1. The van der Waals surface area contributed by atoms with Crippen LogP contribution in [0.15, 0.2) is 23.1 Å². The Bertz CT molecular complexity index is 484. The number of hydrogen-bond donors (Lipinski definition) is 1. The molecule has 1 aliphatic rings. The van der Waals surface area contributed by atoms with E-state index >= 15 is 0 Å². The Morgan fingerprint density at radius 2 is 2.32 bits per heavy atom. The van der Waals surface area contributed by atoms with E-state index in [-0.39, 0.29) is 6.10 Å². The summed E-state index contributed by atoms with van der Waals surface area (Å²) in [6, 6.07) is 8.31. The number of β-amino-alcohol motifs (C(OH)–C–C–N with tert-alkyl or cyclic N) is 1.